The van der Waals surface area contributed by atoms with Gasteiger partial charge in [-0.1, -0.05) is 23.8 Å². The first-order valence-electron chi connectivity index (χ1n) is 4.38. The Hall–Kier alpha value is -0.470. The van der Waals surface area contributed by atoms with Gasteiger partial charge in [-0.2, -0.15) is 12.6 Å². The van der Waals surface area contributed by atoms with E-state index in [1.54, 1.807) is 12.1 Å². The van der Waals surface area contributed by atoms with Crippen LogP contribution in [0, 0.1) is 12.7 Å². The highest BCUT2D eigenvalue weighted by Crippen LogP contribution is 2.20. The minimum absolute atomic E-state index is 0.281. The average Bonchev–Trinajstić information content (AvgIpc) is 2.14. The van der Waals surface area contributed by atoms with Gasteiger partial charge in [-0.15, -0.1) is 0 Å². The highest BCUT2D eigenvalue weighted by Gasteiger charge is 2.02. The van der Waals surface area contributed by atoms with E-state index in [2.05, 4.69) is 12.6 Å². The monoisotopic (exact) mass is 230 g/mol. The summed E-state index contributed by atoms with van der Waals surface area (Å²) < 4.78 is 13.3. The molecule has 1 rings (SSSR count). The van der Waals surface area contributed by atoms with Crippen LogP contribution in [0.1, 0.15) is 17.5 Å². The molecule has 14 heavy (non-hydrogen) atoms. The highest BCUT2D eigenvalue weighted by molar-refractivity contribution is 7.80. The number of halogens is 2. The van der Waals surface area contributed by atoms with E-state index in [1.165, 1.54) is 6.07 Å². The maximum atomic E-state index is 13.3. The zero-order chi connectivity index (χ0) is 10.6. The summed E-state index contributed by atoms with van der Waals surface area (Å²) in [5, 5.41) is 0.467. The quantitative estimate of drug-likeness (QED) is 0.742. The van der Waals surface area contributed by atoms with Crippen molar-refractivity contribution in [3.8, 4) is 0 Å². The van der Waals surface area contributed by atoms with Crippen LogP contribution in [-0.4, -0.2) is 5.75 Å². The summed E-state index contributed by atoms with van der Waals surface area (Å²) in [6, 6.07) is 3.09. The molecule has 0 unspecified atom stereocenters. The molecule has 0 atom stereocenters. The summed E-state index contributed by atoms with van der Waals surface area (Å²) in [7, 11) is 0. The number of thiol groups is 1. The lowest BCUT2D eigenvalue weighted by Gasteiger charge is -2.01. The molecule has 3 heteroatoms. The standard InChI is InChI=1S/C11H12ClFS/c1-8-6-9(4-2-3-5-14)11(13)7-10(8)12/h2,4,6-7,14H,3,5H2,1H3. The SMILES string of the molecule is Cc1cc(C=CCCS)c(F)cc1Cl. The second-order valence-electron chi connectivity index (χ2n) is 3.04. The summed E-state index contributed by atoms with van der Waals surface area (Å²) in [6.45, 7) is 1.86. The summed E-state index contributed by atoms with van der Waals surface area (Å²) in [4.78, 5) is 0. The van der Waals surface area contributed by atoms with Crippen molar-refractivity contribution in [1.82, 2.24) is 0 Å². The van der Waals surface area contributed by atoms with Crippen LogP contribution in [-0.2, 0) is 0 Å². The molecule has 76 valence electrons. The maximum Gasteiger partial charge on any atom is 0.131 e. The molecule has 0 fully saturated rings. The Kier molecular flexibility index (Phi) is 4.49. The molecule has 0 saturated carbocycles. The van der Waals surface area contributed by atoms with E-state index < -0.39 is 0 Å². The zero-order valence-electron chi connectivity index (χ0n) is 7.93. The Labute approximate surface area is 94.2 Å². The van der Waals surface area contributed by atoms with Crippen molar-refractivity contribution in [3.63, 3.8) is 0 Å². The van der Waals surface area contributed by atoms with Crippen LogP contribution >= 0.6 is 24.2 Å². The van der Waals surface area contributed by atoms with Crippen molar-refractivity contribution in [2.75, 3.05) is 5.75 Å². The third-order valence-corrected chi connectivity index (χ3v) is 2.54. The molecule has 0 aliphatic rings. The summed E-state index contributed by atoms with van der Waals surface area (Å²) in [5.74, 6) is 0.487. The van der Waals surface area contributed by atoms with E-state index in [-0.39, 0.29) is 5.82 Å². The van der Waals surface area contributed by atoms with Crippen molar-refractivity contribution >= 4 is 30.3 Å². The number of hydrogen-bond donors (Lipinski definition) is 1. The maximum absolute atomic E-state index is 13.3. The lowest BCUT2D eigenvalue weighted by Crippen LogP contribution is -1.85. The van der Waals surface area contributed by atoms with E-state index in [9.17, 15) is 4.39 Å². The number of hydrogen-bond acceptors (Lipinski definition) is 1. The molecule has 0 saturated heterocycles. The molecule has 0 heterocycles. The first-order chi connectivity index (χ1) is 6.65. The Morgan fingerprint density at radius 1 is 1.50 bits per heavy atom. The zero-order valence-corrected chi connectivity index (χ0v) is 9.58. The largest absolute Gasteiger partial charge is 0.206 e. The normalized spacial score (nSPS) is 11.1. The predicted octanol–water partition coefficient (Wildman–Crippen LogP) is 4.12. The lowest BCUT2D eigenvalue weighted by atomic mass is 10.1. The summed E-state index contributed by atoms with van der Waals surface area (Å²) in [6.07, 6.45) is 4.50. The molecular formula is C11H12ClFS. The van der Waals surface area contributed by atoms with Gasteiger partial charge in [0.2, 0.25) is 0 Å². The van der Waals surface area contributed by atoms with Gasteiger partial charge in [0.05, 0.1) is 0 Å². The second-order valence-corrected chi connectivity index (χ2v) is 3.89. The lowest BCUT2D eigenvalue weighted by molar-refractivity contribution is 0.624. The summed E-state index contributed by atoms with van der Waals surface area (Å²) in [5.41, 5.74) is 1.47. The van der Waals surface area contributed by atoms with Gasteiger partial charge in [-0.3, -0.25) is 0 Å². The predicted molar refractivity (Wildman–Crippen MR) is 63.7 cm³/mol. The van der Waals surface area contributed by atoms with E-state index >= 15 is 0 Å². The Morgan fingerprint density at radius 3 is 2.86 bits per heavy atom. The molecule has 0 aliphatic carbocycles. The number of allylic oxidation sites excluding steroid dienone is 1. The van der Waals surface area contributed by atoms with Crippen LogP contribution in [0.15, 0.2) is 18.2 Å². The van der Waals surface area contributed by atoms with Crippen LogP contribution in [0.2, 0.25) is 5.02 Å². The Morgan fingerprint density at radius 2 is 2.21 bits per heavy atom. The van der Waals surface area contributed by atoms with Crippen molar-refractivity contribution in [3.05, 3.63) is 40.2 Å². The van der Waals surface area contributed by atoms with Crippen molar-refractivity contribution in [2.24, 2.45) is 0 Å². The molecule has 1 aromatic carbocycles. The molecule has 0 nitrogen and oxygen atoms in total. The van der Waals surface area contributed by atoms with Gasteiger partial charge in [-0.25, -0.2) is 4.39 Å². The van der Waals surface area contributed by atoms with E-state index in [4.69, 9.17) is 11.6 Å². The first-order valence-corrected chi connectivity index (χ1v) is 5.39. The van der Waals surface area contributed by atoms with Crippen molar-refractivity contribution in [2.45, 2.75) is 13.3 Å². The van der Waals surface area contributed by atoms with Crippen LogP contribution in [0.4, 0.5) is 4.39 Å². The van der Waals surface area contributed by atoms with Crippen molar-refractivity contribution in [1.29, 1.82) is 0 Å². The third-order valence-electron chi connectivity index (χ3n) is 1.87. The molecule has 0 bridgehead atoms. The molecule has 0 aliphatic heterocycles. The molecule has 0 aromatic heterocycles. The van der Waals surface area contributed by atoms with Crippen LogP contribution in [0.3, 0.4) is 0 Å². The molecule has 0 radical (unpaired) electrons. The smallest absolute Gasteiger partial charge is 0.131 e. The van der Waals surface area contributed by atoms with E-state index in [1.807, 2.05) is 13.0 Å². The molecule has 0 N–H and O–H groups in total. The van der Waals surface area contributed by atoms with Gasteiger partial charge in [0.25, 0.3) is 0 Å². The molecular weight excluding hydrogens is 219 g/mol. The number of benzene rings is 1. The van der Waals surface area contributed by atoms with Gasteiger partial charge in [0.15, 0.2) is 0 Å². The Balaban J connectivity index is 2.92. The molecule has 0 amide bonds. The van der Waals surface area contributed by atoms with E-state index in [0.717, 1.165) is 17.7 Å². The van der Waals surface area contributed by atoms with Crippen LogP contribution in [0.25, 0.3) is 6.08 Å². The van der Waals surface area contributed by atoms with Gasteiger partial charge in [-0.05, 0) is 36.8 Å². The number of rotatable bonds is 3. The van der Waals surface area contributed by atoms with E-state index in [0.29, 0.717) is 10.6 Å². The number of aryl methyl sites for hydroxylation is 1. The fourth-order valence-corrected chi connectivity index (χ4v) is 1.39. The highest BCUT2D eigenvalue weighted by atomic mass is 35.5. The van der Waals surface area contributed by atoms with Crippen LogP contribution in [0.5, 0.6) is 0 Å². The van der Waals surface area contributed by atoms with Gasteiger partial charge < -0.3 is 0 Å². The molecule has 0 spiro atoms. The fourth-order valence-electron chi connectivity index (χ4n) is 1.09. The van der Waals surface area contributed by atoms with Crippen LogP contribution < -0.4 is 0 Å². The summed E-state index contributed by atoms with van der Waals surface area (Å²) >= 11 is 9.83. The fraction of sp³-hybridized carbons (Fsp3) is 0.273. The molecule has 1 aromatic rings. The first kappa shape index (κ1) is 11.6. The van der Waals surface area contributed by atoms with Crippen molar-refractivity contribution < 1.29 is 4.39 Å². The minimum atomic E-state index is -0.281. The average molecular weight is 231 g/mol. The van der Waals surface area contributed by atoms with Gasteiger partial charge in [0.1, 0.15) is 5.82 Å². The Bertz CT molecular complexity index is 347. The topological polar surface area (TPSA) is 0 Å². The second kappa shape index (κ2) is 5.42. The van der Waals surface area contributed by atoms with Gasteiger partial charge in [0, 0.05) is 10.6 Å². The van der Waals surface area contributed by atoms with Gasteiger partial charge >= 0.3 is 0 Å². The third kappa shape index (κ3) is 3.03. The minimum Gasteiger partial charge on any atom is -0.206 e.